The van der Waals surface area contributed by atoms with Crippen LogP contribution in [0.5, 0.6) is 0 Å². The number of benzene rings is 2. The molecule has 1 saturated heterocycles. The second kappa shape index (κ2) is 11.4. The van der Waals surface area contributed by atoms with Crippen LogP contribution < -0.4 is 20.9 Å². The third-order valence-corrected chi connectivity index (χ3v) is 5.27. The lowest BCUT2D eigenvalue weighted by Gasteiger charge is -2.22. The van der Waals surface area contributed by atoms with Crippen molar-refractivity contribution in [3.63, 3.8) is 0 Å². The van der Waals surface area contributed by atoms with Crippen molar-refractivity contribution in [1.82, 2.24) is 5.32 Å². The van der Waals surface area contributed by atoms with E-state index >= 15 is 0 Å². The standard InChI is InChI=1S/C25H32N4O4/c1-4-33-24(31)18-7-9-19(10-8-18)27-25(32)28-20-11-12-22(29-13-5-6-14-29)21(15-20)23(30)26-16-17(2)3/h7-12,15,17H,4-6,13-14,16H2,1-3H3,(H,26,30)(H2,27,28,32). The SMILES string of the molecule is CCOC(=O)c1ccc(NC(=O)Nc2ccc(N3CCCC3)c(C(=O)NCC(C)C)c2)cc1. The number of esters is 1. The molecule has 0 bridgehead atoms. The molecule has 1 aliphatic heterocycles. The molecule has 2 aromatic rings. The molecule has 176 valence electrons. The molecule has 1 fully saturated rings. The van der Waals surface area contributed by atoms with Crippen LogP contribution in [0, 0.1) is 5.92 Å². The van der Waals surface area contributed by atoms with Crippen LogP contribution in [0.2, 0.25) is 0 Å². The van der Waals surface area contributed by atoms with Crippen molar-refractivity contribution in [3.8, 4) is 0 Å². The van der Waals surface area contributed by atoms with Crippen LogP contribution in [0.3, 0.4) is 0 Å². The lowest BCUT2D eigenvalue weighted by Crippen LogP contribution is -2.30. The molecule has 0 saturated carbocycles. The van der Waals surface area contributed by atoms with Crippen molar-refractivity contribution in [3.05, 3.63) is 53.6 Å². The van der Waals surface area contributed by atoms with Crippen LogP contribution in [0.25, 0.3) is 0 Å². The predicted molar refractivity (Wildman–Crippen MR) is 130 cm³/mol. The highest BCUT2D eigenvalue weighted by Gasteiger charge is 2.20. The molecular formula is C25H32N4O4. The highest BCUT2D eigenvalue weighted by Crippen LogP contribution is 2.28. The van der Waals surface area contributed by atoms with Crippen molar-refractivity contribution in [1.29, 1.82) is 0 Å². The van der Waals surface area contributed by atoms with E-state index in [0.717, 1.165) is 31.6 Å². The fourth-order valence-electron chi connectivity index (χ4n) is 3.62. The van der Waals surface area contributed by atoms with Crippen LogP contribution in [0.15, 0.2) is 42.5 Å². The molecule has 3 N–H and O–H groups in total. The molecule has 0 spiro atoms. The Balaban J connectivity index is 1.70. The van der Waals surface area contributed by atoms with E-state index in [0.29, 0.717) is 41.6 Å². The van der Waals surface area contributed by atoms with Gasteiger partial charge in [-0.15, -0.1) is 0 Å². The zero-order chi connectivity index (χ0) is 23.8. The molecule has 2 aromatic carbocycles. The maximum Gasteiger partial charge on any atom is 0.338 e. The first-order chi connectivity index (χ1) is 15.9. The second-order valence-corrected chi connectivity index (χ2v) is 8.41. The summed E-state index contributed by atoms with van der Waals surface area (Å²) in [6, 6.07) is 11.4. The van der Waals surface area contributed by atoms with Crippen molar-refractivity contribution in [2.75, 3.05) is 41.8 Å². The molecule has 0 aliphatic carbocycles. The summed E-state index contributed by atoms with van der Waals surface area (Å²) in [7, 11) is 0. The number of hydrogen-bond acceptors (Lipinski definition) is 5. The Morgan fingerprint density at radius 3 is 2.24 bits per heavy atom. The summed E-state index contributed by atoms with van der Waals surface area (Å²) in [5.41, 5.74) is 2.90. The average molecular weight is 453 g/mol. The smallest absolute Gasteiger partial charge is 0.338 e. The molecule has 1 aliphatic rings. The predicted octanol–water partition coefficient (Wildman–Crippen LogP) is 4.49. The van der Waals surface area contributed by atoms with Crippen LogP contribution in [0.1, 0.15) is 54.3 Å². The van der Waals surface area contributed by atoms with Crippen LogP contribution in [-0.4, -0.2) is 44.1 Å². The number of anilines is 3. The van der Waals surface area contributed by atoms with Gasteiger partial charge in [0.05, 0.1) is 17.7 Å². The molecule has 0 radical (unpaired) electrons. The van der Waals surface area contributed by atoms with Gasteiger partial charge in [-0.1, -0.05) is 13.8 Å². The quantitative estimate of drug-likeness (QED) is 0.513. The molecule has 3 amide bonds. The molecule has 8 heteroatoms. The lowest BCUT2D eigenvalue weighted by atomic mass is 10.1. The number of ether oxygens (including phenoxy) is 1. The van der Waals surface area contributed by atoms with E-state index < -0.39 is 12.0 Å². The molecule has 3 rings (SSSR count). The Morgan fingerprint density at radius 1 is 0.970 bits per heavy atom. The minimum absolute atomic E-state index is 0.149. The van der Waals surface area contributed by atoms with E-state index in [-0.39, 0.29) is 5.91 Å². The number of rotatable bonds is 8. The van der Waals surface area contributed by atoms with Crippen molar-refractivity contribution >= 4 is 35.0 Å². The first-order valence-electron chi connectivity index (χ1n) is 11.4. The summed E-state index contributed by atoms with van der Waals surface area (Å²) in [4.78, 5) is 39.4. The van der Waals surface area contributed by atoms with Gasteiger partial charge in [-0.05, 0) is 68.1 Å². The van der Waals surface area contributed by atoms with Crippen LogP contribution in [-0.2, 0) is 4.74 Å². The number of urea groups is 1. The molecule has 8 nitrogen and oxygen atoms in total. The van der Waals surface area contributed by atoms with E-state index in [4.69, 9.17) is 4.74 Å². The number of amides is 3. The summed E-state index contributed by atoms with van der Waals surface area (Å²) in [5.74, 6) is -0.217. The maximum atomic E-state index is 12.9. The Kier molecular flexibility index (Phi) is 8.29. The summed E-state index contributed by atoms with van der Waals surface area (Å²) < 4.78 is 4.96. The summed E-state index contributed by atoms with van der Waals surface area (Å²) in [5, 5.41) is 8.49. The molecule has 33 heavy (non-hydrogen) atoms. The van der Waals surface area contributed by atoms with E-state index in [1.165, 1.54) is 0 Å². The Bertz CT molecular complexity index is 982. The summed E-state index contributed by atoms with van der Waals surface area (Å²) in [6.45, 7) is 8.55. The highest BCUT2D eigenvalue weighted by atomic mass is 16.5. The molecule has 0 aromatic heterocycles. The van der Waals surface area contributed by atoms with Gasteiger partial charge in [0, 0.05) is 36.7 Å². The van der Waals surface area contributed by atoms with E-state index in [9.17, 15) is 14.4 Å². The number of nitrogens with one attached hydrogen (secondary N) is 3. The number of hydrogen-bond donors (Lipinski definition) is 3. The Labute approximate surface area is 194 Å². The Hall–Kier alpha value is -3.55. The van der Waals surface area contributed by atoms with Gasteiger partial charge >= 0.3 is 12.0 Å². The van der Waals surface area contributed by atoms with Gasteiger partial charge in [0.2, 0.25) is 0 Å². The third-order valence-electron chi connectivity index (χ3n) is 5.27. The van der Waals surface area contributed by atoms with Gasteiger partial charge in [0.1, 0.15) is 0 Å². The average Bonchev–Trinajstić information content (AvgIpc) is 3.32. The number of carbonyl (C=O) groups excluding carboxylic acids is 3. The lowest BCUT2D eigenvalue weighted by molar-refractivity contribution is 0.0526. The number of nitrogens with zero attached hydrogens (tertiary/aromatic N) is 1. The van der Waals surface area contributed by atoms with Gasteiger partial charge in [0.15, 0.2) is 0 Å². The second-order valence-electron chi connectivity index (χ2n) is 8.41. The minimum Gasteiger partial charge on any atom is -0.462 e. The van der Waals surface area contributed by atoms with Gasteiger partial charge in [-0.3, -0.25) is 4.79 Å². The largest absolute Gasteiger partial charge is 0.462 e. The van der Waals surface area contributed by atoms with Gasteiger partial charge < -0.3 is 25.6 Å². The first-order valence-corrected chi connectivity index (χ1v) is 11.4. The van der Waals surface area contributed by atoms with Crippen LogP contribution in [0.4, 0.5) is 21.9 Å². The zero-order valence-electron chi connectivity index (χ0n) is 19.4. The van der Waals surface area contributed by atoms with Crippen molar-refractivity contribution in [2.45, 2.75) is 33.6 Å². The van der Waals surface area contributed by atoms with Crippen molar-refractivity contribution in [2.24, 2.45) is 5.92 Å². The highest BCUT2D eigenvalue weighted by molar-refractivity contribution is 6.04. The molecular weight excluding hydrogens is 420 g/mol. The third kappa shape index (κ3) is 6.71. The minimum atomic E-state index is -0.443. The summed E-state index contributed by atoms with van der Waals surface area (Å²) in [6.07, 6.45) is 2.20. The van der Waals surface area contributed by atoms with Gasteiger partial charge in [-0.25, -0.2) is 9.59 Å². The first kappa shape index (κ1) is 24.1. The Morgan fingerprint density at radius 2 is 1.61 bits per heavy atom. The monoisotopic (exact) mass is 452 g/mol. The molecule has 0 unspecified atom stereocenters. The molecule has 0 atom stereocenters. The van der Waals surface area contributed by atoms with E-state index in [1.54, 1.807) is 43.3 Å². The fraction of sp³-hybridized carbons (Fsp3) is 0.400. The van der Waals surface area contributed by atoms with E-state index in [1.807, 2.05) is 19.9 Å². The number of carbonyl (C=O) groups is 3. The van der Waals surface area contributed by atoms with E-state index in [2.05, 4.69) is 20.9 Å². The zero-order valence-corrected chi connectivity index (χ0v) is 19.4. The van der Waals surface area contributed by atoms with Crippen molar-refractivity contribution < 1.29 is 19.1 Å². The topological polar surface area (TPSA) is 99.8 Å². The maximum absolute atomic E-state index is 12.9. The fourth-order valence-corrected chi connectivity index (χ4v) is 3.62. The normalized spacial score (nSPS) is 13.0. The van der Waals surface area contributed by atoms with Gasteiger partial charge in [0.25, 0.3) is 5.91 Å². The van der Waals surface area contributed by atoms with Gasteiger partial charge in [-0.2, -0.15) is 0 Å². The molecule has 1 heterocycles. The van der Waals surface area contributed by atoms with Crippen LogP contribution >= 0.6 is 0 Å². The summed E-state index contributed by atoms with van der Waals surface area (Å²) >= 11 is 0.